The Morgan fingerprint density at radius 1 is 1.33 bits per heavy atom. The van der Waals surface area contributed by atoms with E-state index in [4.69, 9.17) is 4.42 Å². The van der Waals surface area contributed by atoms with E-state index in [1.165, 1.54) is 31.3 Å². The van der Waals surface area contributed by atoms with E-state index in [-0.39, 0.29) is 11.3 Å². The molecule has 0 spiro atoms. The van der Waals surface area contributed by atoms with E-state index in [1.54, 1.807) is 6.07 Å². The fraction of sp³-hybridized carbons (Fsp3) is 0.0769. The molecular formula is C13H10FNO3. The van der Waals surface area contributed by atoms with Crippen molar-refractivity contribution in [3.63, 3.8) is 0 Å². The van der Waals surface area contributed by atoms with Crippen LogP contribution in [0.25, 0.3) is 11.3 Å². The fourth-order valence-corrected chi connectivity index (χ4v) is 1.56. The summed E-state index contributed by atoms with van der Waals surface area (Å²) in [5, 5.41) is 2.35. The van der Waals surface area contributed by atoms with E-state index >= 15 is 0 Å². The second-order valence-electron chi connectivity index (χ2n) is 3.59. The van der Waals surface area contributed by atoms with Crippen LogP contribution in [-0.2, 0) is 0 Å². The molecular weight excluding hydrogens is 237 g/mol. The molecule has 1 heterocycles. The Morgan fingerprint density at radius 2 is 2.11 bits per heavy atom. The predicted octanol–water partition coefficient (Wildman–Crippen LogP) is 2.26. The highest BCUT2D eigenvalue weighted by atomic mass is 19.1. The molecule has 1 aromatic carbocycles. The van der Waals surface area contributed by atoms with Crippen LogP contribution in [0.2, 0.25) is 0 Å². The highest BCUT2D eigenvalue weighted by Gasteiger charge is 2.13. The molecule has 0 unspecified atom stereocenters. The molecule has 0 radical (unpaired) electrons. The highest BCUT2D eigenvalue weighted by Crippen LogP contribution is 2.24. The lowest BCUT2D eigenvalue weighted by Crippen LogP contribution is -2.19. The van der Waals surface area contributed by atoms with E-state index in [0.29, 0.717) is 17.6 Å². The van der Waals surface area contributed by atoms with Gasteiger partial charge in [0.1, 0.15) is 11.6 Å². The molecule has 1 aromatic heterocycles. The Kier molecular flexibility index (Phi) is 3.23. The summed E-state index contributed by atoms with van der Waals surface area (Å²) in [5.74, 6) is -0.546. The fourth-order valence-electron chi connectivity index (χ4n) is 1.56. The van der Waals surface area contributed by atoms with Crippen molar-refractivity contribution in [3.05, 3.63) is 47.5 Å². The molecule has 0 saturated heterocycles. The molecule has 2 aromatic rings. The number of benzene rings is 1. The van der Waals surface area contributed by atoms with Crippen LogP contribution < -0.4 is 5.32 Å². The first-order valence-electron chi connectivity index (χ1n) is 5.22. The number of nitrogens with one attached hydrogen (secondary N) is 1. The van der Waals surface area contributed by atoms with Gasteiger partial charge < -0.3 is 9.73 Å². The zero-order valence-corrected chi connectivity index (χ0v) is 9.57. The first-order valence-corrected chi connectivity index (χ1v) is 5.22. The monoisotopic (exact) mass is 247 g/mol. The minimum absolute atomic E-state index is 0.0703. The number of hydrogen-bond donors (Lipinski definition) is 1. The number of hydrogen-bond acceptors (Lipinski definition) is 3. The average Bonchev–Trinajstić information content (AvgIpc) is 2.87. The first-order chi connectivity index (χ1) is 8.65. The Bertz CT molecular complexity index is 604. The van der Waals surface area contributed by atoms with Crippen LogP contribution >= 0.6 is 0 Å². The minimum Gasteiger partial charge on any atom is -0.453 e. The van der Waals surface area contributed by atoms with Gasteiger partial charge in [-0.1, -0.05) is 0 Å². The smallest absolute Gasteiger partial charge is 0.254 e. The molecule has 1 N–H and O–H groups in total. The van der Waals surface area contributed by atoms with Gasteiger partial charge in [-0.15, -0.1) is 0 Å². The van der Waals surface area contributed by atoms with E-state index in [1.807, 2.05) is 0 Å². The topological polar surface area (TPSA) is 59.3 Å². The molecule has 0 aliphatic carbocycles. The SMILES string of the molecule is CNC(=O)c1cc(-c2ccc(C=O)o2)ccc1F. The molecule has 0 saturated carbocycles. The maximum Gasteiger partial charge on any atom is 0.254 e. The normalized spacial score (nSPS) is 10.1. The van der Waals surface area contributed by atoms with Gasteiger partial charge in [-0.05, 0) is 30.3 Å². The molecule has 0 bridgehead atoms. The molecule has 92 valence electrons. The molecule has 4 nitrogen and oxygen atoms in total. The maximum absolute atomic E-state index is 13.4. The number of furan rings is 1. The molecule has 0 aliphatic rings. The summed E-state index contributed by atoms with van der Waals surface area (Å²) >= 11 is 0. The number of rotatable bonds is 3. The van der Waals surface area contributed by atoms with Crippen molar-refractivity contribution in [1.29, 1.82) is 0 Å². The van der Waals surface area contributed by atoms with Gasteiger partial charge >= 0.3 is 0 Å². The van der Waals surface area contributed by atoms with Crippen LogP contribution in [0.3, 0.4) is 0 Å². The summed E-state index contributed by atoms with van der Waals surface area (Å²) in [6, 6.07) is 7.13. The van der Waals surface area contributed by atoms with Gasteiger partial charge in [0.15, 0.2) is 12.0 Å². The number of aldehydes is 1. The molecule has 2 rings (SSSR count). The van der Waals surface area contributed by atoms with E-state index in [2.05, 4.69) is 5.32 Å². The summed E-state index contributed by atoms with van der Waals surface area (Å²) in [6.45, 7) is 0. The Morgan fingerprint density at radius 3 is 2.72 bits per heavy atom. The van der Waals surface area contributed by atoms with Gasteiger partial charge in [0.2, 0.25) is 0 Å². The minimum atomic E-state index is -0.611. The van der Waals surface area contributed by atoms with Gasteiger partial charge in [0, 0.05) is 12.6 Å². The quantitative estimate of drug-likeness (QED) is 0.846. The molecule has 0 atom stereocenters. The number of carbonyl (C=O) groups excluding carboxylic acids is 2. The van der Waals surface area contributed by atoms with Crippen molar-refractivity contribution in [2.75, 3.05) is 7.05 Å². The second kappa shape index (κ2) is 4.83. The third kappa shape index (κ3) is 2.15. The van der Waals surface area contributed by atoms with Crippen LogP contribution in [0.5, 0.6) is 0 Å². The maximum atomic E-state index is 13.4. The zero-order valence-electron chi connectivity index (χ0n) is 9.57. The van der Waals surface area contributed by atoms with Crippen LogP contribution in [0.15, 0.2) is 34.7 Å². The van der Waals surface area contributed by atoms with E-state index in [0.717, 1.165) is 0 Å². The van der Waals surface area contributed by atoms with Crippen molar-refractivity contribution in [1.82, 2.24) is 5.32 Å². The van der Waals surface area contributed by atoms with Gasteiger partial charge in [-0.2, -0.15) is 0 Å². The zero-order chi connectivity index (χ0) is 13.1. The number of carbonyl (C=O) groups is 2. The third-order valence-electron chi connectivity index (χ3n) is 2.47. The molecule has 18 heavy (non-hydrogen) atoms. The summed E-state index contributed by atoms with van der Waals surface area (Å²) in [7, 11) is 1.42. The Hall–Kier alpha value is -2.43. The Balaban J connectivity index is 2.46. The van der Waals surface area contributed by atoms with E-state index < -0.39 is 11.7 Å². The first kappa shape index (κ1) is 12.0. The lowest BCUT2D eigenvalue weighted by atomic mass is 10.1. The largest absolute Gasteiger partial charge is 0.453 e. The van der Waals surface area contributed by atoms with Crippen molar-refractivity contribution >= 4 is 12.2 Å². The lowest BCUT2D eigenvalue weighted by Gasteiger charge is -2.04. The van der Waals surface area contributed by atoms with Crippen LogP contribution in [0.4, 0.5) is 4.39 Å². The van der Waals surface area contributed by atoms with Crippen molar-refractivity contribution in [2.24, 2.45) is 0 Å². The van der Waals surface area contributed by atoms with Crippen LogP contribution in [0, 0.1) is 5.82 Å². The third-order valence-corrected chi connectivity index (χ3v) is 2.47. The van der Waals surface area contributed by atoms with E-state index in [9.17, 15) is 14.0 Å². The van der Waals surface area contributed by atoms with Gasteiger partial charge in [0.05, 0.1) is 5.56 Å². The number of halogens is 1. The Labute approximate surface area is 102 Å². The second-order valence-corrected chi connectivity index (χ2v) is 3.59. The van der Waals surface area contributed by atoms with Gasteiger partial charge in [-0.25, -0.2) is 4.39 Å². The van der Waals surface area contributed by atoms with Gasteiger partial charge in [0.25, 0.3) is 5.91 Å². The van der Waals surface area contributed by atoms with Crippen LogP contribution in [0.1, 0.15) is 20.9 Å². The average molecular weight is 247 g/mol. The van der Waals surface area contributed by atoms with Crippen molar-refractivity contribution in [3.8, 4) is 11.3 Å². The molecule has 0 fully saturated rings. The summed E-state index contributed by atoms with van der Waals surface area (Å²) in [5.41, 5.74) is 0.460. The van der Waals surface area contributed by atoms with Crippen LogP contribution in [-0.4, -0.2) is 19.2 Å². The number of amides is 1. The van der Waals surface area contributed by atoms with Crippen molar-refractivity contribution < 1.29 is 18.4 Å². The summed E-state index contributed by atoms with van der Waals surface area (Å²) in [6.07, 6.45) is 0.576. The summed E-state index contributed by atoms with van der Waals surface area (Å²) < 4.78 is 18.7. The molecule has 0 aliphatic heterocycles. The summed E-state index contributed by atoms with van der Waals surface area (Å²) in [4.78, 5) is 22.0. The molecule has 5 heteroatoms. The predicted molar refractivity (Wildman–Crippen MR) is 62.9 cm³/mol. The lowest BCUT2D eigenvalue weighted by molar-refractivity contribution is 0.0958. The molecule has 1 amide bonds. The van der Waals surface area contributed by atoms with Crippen molar-refractivity contribution in [2.45, 2.75) is 0 Å². The standard InChI is InChI=1S/C13H10FNO3/c1-15-13(17)10-6-8(2-4-11(10)14)12-5-3-9(7-16)18-12/h2-7H,1H3,(H,15,17). The van der Waals surface area contributed by atoms with Gasteiger partial charge in [-0.3, -0.25) is 9.59 Å². The highest BCUT2D eigenvalue weighted by molar-refractivity contribution is 5.95.